The molecule has 0 aliphatic heterocycles. The van der Waals surface area contributed by atoms with Crippen molar-refractivity contribution in [3.8, 4) is 11.8 Å². The number of hydrogen-bond acceptors (Lipinski definition) is 3. The summed E-state index contributed by atoms with van der Waals surface area (Å²) < 4.78 is 5.65. The molecule has 1 aromatic carbocycles. The van der Waals surface area contributed by atoms with E-state index in [0.717, 1.165) is 25.3 Å². The normalized spacial score (nSPS) is 10.4. The zero-order valence-electron chi connectivity index (χ0n) is 12.1. The van der Waals surface area contributed by atoms with E-state index in [0.29, 0.717) is 12.2 Å². The van der Waals surface area contributed by atoms with Crippen molar-refractivity contribution in [2.45, 2.75) is 32.6 Å². The van der Waals surface area contributed by atoms with Crippen LogP contribution in [0.15, 0.2) is 24.3 Å². The first-order chi connectivity index (χ1) is 9.26. The van der Waals surface area contributed by atoms with Gasteiger partial charge in [-0.05, 0) is 44.6 Å². The molecule has 0 aliphatic rings. The molecule has 0 aromatic heterocycles. The highest BCUT2D eigenvalue weighted by atomic mass is 16.5. The van der Waals surface area contributed by atoms with E-state index in [1.807, 2.05) is 12.1 Å². The van der Waals surface area contributed by atoms with Crippen molar-refractivity contribution < 1.29 is 4.74 Å². The largest absolute Gasteiger partial charge is 0.494 e. The molecule has 0 N–H and O–H groups in total. The van der Waals surface area contributed by atoms with Gasteiger partial charge < -0.3 is 9.64 Å². The summed E-state index contributed by atoms with van der Waals surface area (Å²) in [7, 11) is 2.16. The van der Waals surface area contributed by atoms with Crippen LogP contribution >= 0.6 is 0 Å². The molecule has 1 rings (SSSR count). The molecular formula is C16H24N2O. The fourth-order valence-electron chi connectivity index (χ4n) is 1.92. The third-order valence-corrected chi connectivity index (χ3v) is 3.06. The van der Waals surface area contributed by atoms with Gasteiger partial charge in [0, 0.05) is 6.54 Å². The van der Waals surface area contributed by atoms with Crippen molar-refractivity contribution in [3.63, 3.8) is 0 Å². The number of benzene rings is 1. The maximum Gasteiger partial charge on any atom is 0.120 e. The zero-order chi connectivity index (χ0) is 13.9. The van der Waals surface area contributed by atoms with Gasteiger partial charge in [0.25, 0.3) is 0 Å². The Morgan fingerprint density at radius 1 is 1.21 bits per heavy atom. The molecule has 0 fully saturated rings. The van der Waals surface area contributed by atoms with E-state index in [2.05, 4.69) is 24.9 Å². The number of nitriles is 1. The molecule has 0 saturated carbocycles. The van der Waals surface area contributed by atoms with Crippen LogP contribution in [0.1, 0.15) is 38.2 Å². The zero-order valence-corrected chi connectivity index (χ0v) is 12.1. The van der Waals surface area contributed by atoms with E-state index in [1.54, 1.807) is 12.1 Å². The first-order valence-electron chi connectivity index (χ1n) is 7.07. The highest BCUT2D eigenvalue weighted by Gasteiger charge is 1.99. The predicted molar refractivity (Wildman–Crippen MR) is 78.3 cm³/mol. The lowest BCUT2D eigenvalue weighted by Gasteiger charge is -2.16. The van der Waals surface area contributed by atoms with Gasteiger partial charge in [-0.1, -0.05) is 25.8 Å². The summed E-state index contributed by atoms with van der Waals surface area (Å²) in [5.74, 6) is 0.785. The molecule has 19 heavy (non-hydrogen) atoms. The second-order valence-electron chi connectivity index (χ2n) is 4.85. The lowest BCUT2D eigenvalue weighted by Crippen LogP contribution is -2.22. The molecule has 0 atom stereocenters. The van der Waals surface area contributed by atoms with Gasteiger partial charge in [-0.25, -0.2) is 0 Å². The first kappa shape index (κ1) is 15.5. The molecule has 0 aliphatic carbocycles. The van der Waals surface area contributed by atoms with Crippen LogP contribution in [0.25, 0.3) is 0 Å². The minimum absolute atomic E-state index is 0.647. The van der Waals surface area contributed by atoms with Crippen LogP contribution in [0.5, 0.6) is 5.75 Å². The van der Waals surface area contributed by atoms with Crippen LogP contribution < -0.4 is 4.74 Å². The van der Waals surface area contributed by atoms with E-state index < -0.39 is 0 Å². The Morgan fingerprint density at radius 3 is 2.74 bits per heavy atom. The molecule has 0 spiro atoms. The highest BCUT2D eigenvalue weighted by molar-refractivity contribution is 5.36. The van der Waals surface area contributed by atoms with E-state index >= 15 is 0 Å². The summed E-state index contributed by atoms with van der Waals surface area (Å²) in [6.45, 7) is 5.15. The van der Waals surface area contributed by atoms with Crippen LogP contribution in [0, 0.1) is 11.3 Å². The van der Waals surface area contributed by atoms with E-state index in [-0.39, 0.29) is 0 Å². The summed E-state index contributed by atoms with van der Waals surface area (Å²) in [6, 6.07) is 9.43. The Labute approximate surface area is 116 Å². The quantitative estimate of drug-likeness (QED) is 0.638. The minimum atomic E-state index is 0.647. The van der Waals surface area contributed by atoms with Crippen LogP contribution in [0.2, 0.25) is 0 Å². The fraction of sp³-hybridized carbons (Fsp3) is 0.562. The molecule has 3 heteroatoms. The maximum atomic E-state index is 8.80. The number of rotatable bonds is 9. The Morgan fingerprint density at radius 2 is 2.00 bits per heavy atom. The molecule has 1 aromatic rings. The van der Waals surface area contributed by atoms with E-state index in [4.69, 9.17) is 10.00 Å². The average Bonchev–Trinajstić information content (AvgIpc) is 2.44. The van der Waals surface area contributed by atoms with Crippen molar-refractivity contribution in [1.29, 1.82) is 5.26 Å². The van der Waals surface area contributed by atoms with Crippen molar-refractivity contribution >= 4 is 0 Å². The minimum Gasteiger partial charge on any atom is -0.494 e. The van der Waals surface area contributed by atoms with Gasteiger partial charge in [-0.15, -0.1) is 0 Å². The summed E-state index contributed by atoms with van der Waals surface area (Å²) in [5, 5.41) is 8.80. The van der Waals surface area contributed by atoms with Crippen LogP contribution in [0.3, 0.4) is 0 Å². The monoisotopic (exact) mass is 260 g/mol. The summed E-state index contributed by atoms with van der Waals surface area (Å²) >= 11 is 0. The first-order valence-corrected chi connectivity index (χ1v) is 7.07. The third kappa shape index (κ3) is 6.83. The van der Waals surface area contributed by atoms with E-state index in [1.165, 1.54) is 19.3 Å². The van der Waals surface area contributed by atoms with Gasteiger partial charge in [-0.2, -0.15) is 5.26 Å². The third-order valence-electron chi connectivity index (χ3n) is 3.06. The number of ether oxygens (including phenoxy) is 1. The smallest absolute Gasteiger partial charge is 0.120 e. The Balaban J connectivity index is 2.14. The average molecular weight is 260 g/mol. The summed E-state index contributed by atoms with van der Waals surface area (Å²) in [6.07, 6.45) is 4.87. The number of unbranched alkanes of at least 4 members (excludes halogenated alkanes) is 2. The number of hydrogen-bond donors (Lipinski definition) is 0. The highest BCUT2D eigenvalue weighted by Crippen LogP contribution is 2.12. The SMILES string of the molecule is CCCCCN(C)CCCOc1cccc(C#N)c1. The fourth-order valence-corrected chi connectivity index (χ4v) is 1.92. The molecule has 0 radical (unpaired) electrons. The lowest BCUT2D eigenvalue weighted by atomic mass is 10.2. The second-order valence-corrected chi connectivity index (χ2v) is 4.85. The summed E-state index contributed by atoms with van der Waals surface area (Å²) in [4.78, 5) is 2.35. The Hall–Kier alpha value is -1.53. The van der Waals surface area contributed by atoms with E-state index in [9.17, 15) is 0 Å². The molecule has 0 unspecified atom stereocenters. The Bertz CT molecular complexity index is 398. The van der Waals surface area contributed by atoms with Crippen molar-refractivity contribution in [1.82, 2.24) is 4.90 Å². The number of nitrogens with zero attached hydrogens (tertiary/aromatic N) is 2. The molecule has 0 bridgehead atoms. The molecule has 0 saturated heterocycles. The van der Waals surface area contributed by atoms with Gasteiger partial charge >= 0.3 is 0 Å². The van der Waals surface area contributed by atoms with Gasteiger partial charge in [-0.3, -0.25) is 0 Å². The van der Waals surface area contributed by atoms with Gasteiger partial charge in [0.1, 0.15) is 5.75 Å². The van der Waals surface area contributed by atoms with Gasteiger partial charge in [0.2, 0.25) is 0 Å². The van der Waals surface area contributed by atoms with Crippen LogP contribution in [-0.2, 0) is 0 Å². The maximum absolute atomic E-state index is 8.80. The second kappa shape index (κ2) is 9.41. The molecule has 3 nitrogen and oxygen atoms in total. The topological polar surface area (TPSA) is 36.3 Å². The molecular weight excluding hydrogens is 236 g/mol. The molecule has 0 amide bonds. The van der Waals surface area contributed by atoms with Gasteiger partial charge in [0.05, 0.1) is 18.2 Å². The molecule has 104 valence electrons. The standard InChI is InChI=1S/C16H24N2O/c1-3-4-5-10-18(2)11-7-12-19-16-9-6-8-15(13-16)14-17/h6,8-9,13H,3-5,7,10-12H2,1-2H3. The lowest BCUT2D eigenvalue weighted by molar-refractivity contribution is 0.260. The summed E-state index contributed by atoms with van der Waals surface area (Å²) in [5.41, 5.74) is 0.647. The van der Waals surface area contributed by atoms with Crippen LogP contribution in [0.4, 0.5) is 0 Å². The predicted octanol–water partition coefficient (Wildman–Crippen LogP) is 3.45. The van der Waals surface area contributed by atoms with Crippen molar-refractivity contribution in [2.75, 3.05) is 26.7 Å². The van der Waals surface area contributed by atoms with Crippen molar-refractivity contribution in [2.24, 2.45) is 0 Å². The van der Waals surface area contributed by atoms with Gasteiger partial charge in [0.15, 0.2) is 0 Å². The van der Waals surface area contributed by atoms with Crippen molar-refractivity contribution in [3.05, 3.63) is 29.8 Å². The molecule has 0 heterocycles. The van der Waals surface area contributed by atoms with Crippen LogP contribution in [-0.4, -0.2) is 31.6 Å². The Kier molecular flexibility index (Phi) is 7.69.